The van der Waals surface area contributed by atoms with E-state index in [9.17, 15) is 0 Å². The van der Waals surface area contributed by atoms with Gasteiger partial charge in [-0.15, -0.1) is 0 Å². The fourth-order valence-electron chi connectivity index (χ4n) is 2.96. The quantitative estimate of drug-likeness (QED) is 0.902. The molecule has 0 amide bonds. The summed E-state index contributed by atoms with van der Waals surface area (Å²) in [5.74, 6) is 1.17. The van der Waals surface area contributed by atoms with Gasteiger partial charge in [-0.25, -0.2) is 4.98 Å². The van der Waals surface area contributed by atoms with Crippen molar-refractivity contribution in [3.63, 3.8) is 0 Å². The molecule has 1 fully saturated rings. The lowest BCUT2D eigenvalue weighted by Crippen LogP contribution is -2.23. The van der Waals surface area contributed by atoms with Crippen LogP contribution in [0.4, 0.5) is 0 Å². The van der Waals surface area contributed by atoms with Crippen LogP contribution in [0.3, 0.4) is 0 Å². The van der Waals surface area contributed by atoms with Gasteiger partial charge in [-0.1, -0.05) is 24.4 Å². The lowest BCUT2D eigenvalue weighted by Gasteiger charge is -2.16. The maximum Gasteiger partial charge on any atom is 0.127 e. The Hall–Kier alpha value is -1.06. The zero-order valence-electron chi connectivity index (χ0n) is 11.3. The Morgan fingerprint density at radius 2 is 2.26 bits per heavy atom. The molecule has 3 nitrogen and oxygen atoms in total. The van der Waals surface area contributed by atoms with Crippen molar-refractivity contribution < 1.29 is 0 Å². The van der Waals surface area contributed by atoms with Crippen LogP contribution in [0.15, 0.2) is 18.2 Å². The Morgan fingerprint density at radius 1 is 1.37 bits per heavy atom. The zero-order valence-corrected chi connectivity index (χ0v) is 12.1. The number of benzene rings is 1. The number of rotatable bonds is 2. The summed E-state index contributed by atoms with van der Waals surface area (Å²) >= 11 is 6.11. The third-order valence-electron chi connectivity index (χ3n) is 3.93. The molecule has 1 aromatic carbocycles. The standard InChI is InChI=1S/C15H20ClN3/c1-2-19-14-10-11(16)7-8-12(14)18-15(19)13-6-4-3-5-9-17-13/h7-8,10,13,17H,2-6,9H2,1H3. The molecule has 3 rings (SSSR count). The van der Waals surface area contributed by atoms with Gasteiger partial charge in [0.2, 0.25) is 0 Å². The summed E-state index contributed by atoms with van der Waals surface area (Å²) in [6.07, 6.45) is 5.05. The minimum absolute atomic E-state index is 0.383. The summed E-state index contributed by atoms with van der Waals surface area (Å²) in [6, 6.07) is 6.34. The van der Waals surface area contributed by atoms with Crippen LogP contribution in [0.2, 0.25) is 5.02 Å². The number of hydrogen-bond donors (Lipinski definition) is 1. The van der Waals surface area contributed by atoms with Gasteiger partial charge < -0.3 is 9.88 Å². The molecule has 0 aliphatic carbocycles. The topological polar surface area (TPSA) is 29.9 Å². The number of nitrogens with one attached hydrogen (secondary N) is 1. The highest BCUT2D eigenvalue weighted by Crippen LogP contribution is 2.27. The van der Waals surface area contributed by atoms with E-state index < -0.39 is 0 Å². The second-order valence-corrected chi connectivity index (χ2v) is 5.64. The van der Waals surface area contributed by atoms with Gasteiger partial charge >= 0.3 is 0 Å². The number of hydrogen-bond acceptors (Lipinski definition) is 2. The Bertz CT molecular complexity index is 568. The molecule has 0 bridgehead atoms. The first-order valence-electron chi connectivity index (χ1n) is 7.18. The Balaban J connectivity index is 2.06. The largest absolute Gasteiger partial charge is 0.327 e. The summed E-state index contributed by atoms with van der Waals surface area (Å²) in [6.45, 7) is 4.20. The molecule has 1 N–H and O–H groups in total. The zero-order chi connectivity index (χ0) is 13.2. The second-order valence-electron chi connectivity index (χ2n) is 5.20. The van der Waals surface area contributed by atoms with E-state index in [1.54, 1.807) is 0 Å². The maximum absolute atomic E-state index is 6.11. The SMILES string of the molecule is CCn1c(C2CCCCCN2)nc2ccc(Cl)cc21. The molecule has 4 heteroatoms. The molecule has 19 heavy (non-hydrogen) atoms. The molecule has 0 radical (unpaired) electrons. The summed E-state index contributed by atoms with van der Waals surface area (Å²) in [5, 5.41) is 4.41. The van der Waals surface area contributed by atoms with E-state index in [0.29, 0.717) is 6.04 Å². The van der Waals surface area contributed by atoms with Gasteiger partial charge in [0.15, 0.2) is 0 Å². The maximum atomic E-state index is 6.11. The molecule has 102 valence electrons. The van der Waals surface area contributed by atoms with Crippen LogP contribution in [0.5, 0.6) is 0 Å². The highest BCUT2D eigenvalue weighted by molar-refractivity contribution is 6.31. The molecule has 0 saturated carbocycles. The molecule has 1 aliphatic heterocycles. The summed E-state index contributed by atoms with van der Waals surface area (Å²) in [5.41, 5.74) is 2.20. The molecule has 1 atom stereocenters. The number of halogens is 1. The van der Waals surface area contributed by atoms with Gasteiger partial charge in [-0.05, 0) is 44.5 Å². The fourth-order valence-corrected chi connectivity index (χ4v) is 3.13. The van der Waals surface area contributed by atoms with Gasteiger partial charge in [-0.3, -0.25) is 0 Å². The monoisotopic (exact) mass is 277 g/mol. The Labute approximate surface area is 119 Å². The number of imidazole rings is 1. The van der Waals surface area contributed by atoms with Crippen LogP contribution in [0, 0.1) is 0 Å². The third kappa shape index (κ3) is 2.49. The van der Waals surface area contributed by atoms with Crippen molar-refractivity contribution in [2.45, 2.75) is 45.2 Å². The molecule has 0 spiro atoms. The molecule has 2 heterocycles. The van der Waals surface area contributed by atoms with Gasteiger partial charge in [0, 0.05) is 11.6 Å². The normalized spacial score (nSPS) is 20.6. The molecule has 1 unspecified atom stereocenters. The lowest BCUT2D eigenvalue weighted by atomic mass is 10.1. The molecular weight excluding hydrogens is 258 g/mol. The fraction of sp³-hybridized carbons (Fsp3) is 0.533. The van der Waals surface area contributed by atoms with Crippen LogP contribution in [0.25, 0.3) is 11.0 Å². The summed E-state index contributed by atoms with van der Waals surface area (Å²) < 4.78 is 2.30. The minimum atomic E-state index is 0.383. The average molecular weight is 278 g/mol. The second kappa shape index (κ2) is 5.51. The molecule has 1 aliphatic rings. The Kier molecular flexibility index (Phi) is 3.76. The highest BCUT2D eigenvalue weighted by atomic mass is 35.5. The first-order valence-corrected chi connectivity index (χ1v) is 7.56. The van der Waals surface area contributed by atoms with Crippen LogP contribution in [-0.2, 0) is 6.54 Å². The van der Waals surface area contributed by atoms with Crippen LogP contribution >= 0.6 is 11.6 Å². The van der Waals surface area contributed by atoms with Crippen molar-refractivity contribution in [1.29, 1.82) is 0 Å². The van der Waals surface area contributed by atoms with E-state index in [-0.39, 0.29) is 0 Å². The van der Waals surface area contributed by atoms with Gasteiger partial charge in [0.05, 0.1) is 17.1 Å². The number of aromatic nitrogens is 2. The average Bonchev–Trinajstić information content (AvgIpc) is 2.61. The van der Waals surface area contributed by atoms with Gasteiger partial charge in [0.25, 0.3) is 0 Å². The van der Waals surface area contributed by atoms with E-state index in [1.165, 1.54) is 31.5 Å². The molecule has 2 aromatic rings. The van der Waals surface area contributed by atoms with Crippen molar-refractivity contribution in [3.05, 3.63) is 29.0 Å². The van der Waals surface area contributed by atoms with E-state index in [4.69, 9.17) is 16.6 Å². The highest BCUT2D eigenvalue weighted by Gasteiger charge is 2.20. The van der Waals surface area contributed by atoms with Crippen LogP contribution in [0.1, 0.15) is 44.5 Å². The van der Waals surface area contributed by atoms with Crippen molar-refractivity contribution in [2.75, 3.05) is 6.54 Å². The van der Waals surface area contributed by atoms with E-state index >= 15 is 0 Å². The predicted molar refractivity (Wildman–Crippen MR) is 79.6 cm³/mol. The Morgan fingerprint density at radius 3 is 3.11 bits per heavy atom. The van der Waals surface area contributed by atoms with E-state index in [1.807, 2.05) is 18.2 Å². The summed E-state index contributed by atoms with van der Waals surface area (Å²) in [7, 11) is 0. The first-order chi connectivity index (χ1) is 9.29. The van der Waals surface area contributed by atoms with Crippen molar-refractivity contribution in [2.24, 2.45) is 0 Å². The number of nitrogens with zero attached hydrogens (tertiary/aromatic N) is 2. The van der Waals surface area contributed by atoms with Crippen LogP contribution in [-0.4, -0.2) is 16.1 Å². The van der Waals surface area contributed by atoms with E-state index in [0.717, 1.165) is 29.1 Å². The smallest absolute Gasteiger partial charge is 0.127 e. The third-order valence-corrected chi connectivity index (χ3v) is 4.16. The predicted octanol–water partition coefficient (Wildman–Crippen LogP) is 3.91. The van der Waals surface area contributed by atoms with Gasteiger partial charge in [0.1, 0.15) is 5.82 Å². The number of fused-ring (bicyclic) bond motifs is 1. The van der Waals surface area contributed by atoms with Gasteiger partial charge in [-0.2, -0.15) is 0 Å². The lowest BCUT2D eigenvalue weighted by molar-refractivity contribution is 0.487. The van der Waals surface area contributed by atoms with Crippen molar-refractivity contribution >= 4 is 22.6 Å². The minimum Gasteiger partial charge on any atom is -0.327 e. The molecular formula is C15H20ClN3. The number of aryl methyl sites for hydroxylation is 1. The van der Waals surface area contributed by atoms with Crippen LogP contribution < -0.4 is 5.32 Å². The first kappa shape index (κ1) is 12.9. The van der Waals surface area contributed by atoms with Crippen molar-refractivity contribution in [1.82, 2.24) is 14.9 Å². The van der Waals surface area contributed by atoms with Crippen molar-refractivity contribution in [3.8, 4) is 0 Å². The van der Waals surface area contributed by atoms with E-state index in [2.05, 4.69) is 16.8 Å². The molecule has 1 aromatic heterocycles. The summed E-state index contributed by atoms with van der Waals surface area (Å²) in [4.78, 5) is 4.83. The molecule has 1 saturated heterocycles.